The van der Waals surface area contributed by atoms with Crippen molar-refractivity contribution >= 4 is 34.7 Å². The van der Waals surface area contributed by atoms with Gasteiger partial charge in [-0.15, -0.1) is 21.5 Å². The van der Waals surface area contributed by atoms with E-state index in [9.17, 15) is 4.79 Å². The Hall–Kier alpha value is -3.30. The fourth-order valence-corrected chi connectivity index (χ4v) is 4.95. The fourth-order valence-electron chi connectivity index (χ4n) is 3.48. The first-order chi connectivity index (χ1) is 16.3. The number of thiophene rings is 1. The average molecular weight is 479 g/mol. The Balaban J connectivity index is 1.30. The summed E-state index contributed by atoms with van der Waals surface area (Å²) in [5, 5.41) is 14.5. The van der Waals surface area contributed by atoms with Crippen LogP contribution in [0.4, 0.5) is 5.69 Å². The quantitative estimate of drug-likeness (QED) is 0.384. The summed E-state index contributed by atoms with van der Waals surface area (Å²) in [4.78, 5) is 13.9. The average Bonchev–Trinajstić information content (AvgIpc) is 3.43. The van der Waals surface area contributed by atoms with Crippen LogP contribution in [-0.2, 0) is 11.2 Å². The second-order valence-electron chi connectivity index (χ2n) is 7.37. The molecule has 1 aliphatic heterocycles. The van der Waals surface area contributed by atoms with Crippen LogP contribution in [0.25, 0.3) is 5.69 Å². The third kappa shape index (κ3) is 5.20. The summed E-state index contributed by atoms with van der Waals surface area (Å²) in [5.41, 5.74) is 1.65. The molecule has 33 heavy (non-hydrogen) atoms. The zero-order chi connectivity index (χ0) is 22.5. The molecule has 0 fully saturated rings. The number of fused-ring (bicyclic) bond motifs is 1. The van der Waals surface area contributed by atoms with E-state index in [1.165, 1.54) is 16.6 Å². The van der Waals surface area contributed by atoms with Crippen molar-refractivity contribution in [3.63, 3.8) is 0 Å². The van der Waals surface area contributed by atoms with Gasteiger partial charge in [0.2, 0.25) is 5.91 Å². The van der Waals surface area contributed by atoms with E-state index in [1.54, 1.807) is 17.4 Å². The number of nitrogens with zero attached hydrogens (tertiary/aromatic N) is 3. The molecule has 0 spiro atoms. The van der Waals surface area contributed by atoms with Gasteiger partial charge in [-0.3, -0.25) is 9.36 Å². The van der Waals surface area contributed by atoms with Crippen molar-refractivity contribution in [2.75, 3.05) is 24.3 Å². The smallest absolute Gasteiger partial charge is 0.234 e. The highest BCUT2D eigenvalue weighted by atomic mass is 32.2. The standard InChI is InChI=1S/C24H22N4O3S2/c29-23(25-17-9-10-20-21(14-17)31-12-5-11-30-20)16-33-24-27-26-22(15-19-8-4-13-32-19)28(24)18-6-2-1-3-7-18/h1-4,6-10,13-14H,5,11-12,15-16H2,(H,25,29). The number of amides is 1. The highest BCUT2D eigenvalue weighted by Crippen LogP contribution is 2.32. The van der Waals surface area contributed by atoms with Crippen LogP contribution in [0.2, 0.25) is 0 Å². The van der Waals surface area contributed by atoms with Crippen LogP contribution in [0.5, 0.6) is 11.5 Å². The largest absolute Gasteiger partial charge is 0.490 e. The Morgan fingerprint density at radius 2 is 1.88 bits per heavy atom. The molecule has 3 heterocycles. The number of carbonyl (C=O) groups is 1. The summed E-state index contributed by atoms with van der Waals surface area (Å²) in [5.74, 6) is 2.28. The predicted molar refractivity (Wildman–Crippen MR) is 130 cm³/mol. The summed E-state index contributed by atoms with van der Waals surface area (Å²) in [6.07, 6.45) is 1.52. The minimum absolute atomic E-state index is 0.128. The molecule has 5 rings (SSSR count). The predicted octanol–water partition coefficient (Wildman–Crippen LogP) is 4.81. The summed E-state index contributed by atoms with van der Waals surface area (Å²) in [6.45, 7) is 1.23. The van der Waals surface area contributed by atoms with Gasteiger partial charge in [-0.05, 0) is 35.7 Å². The van der Waals surface area contributed by atoms with Gasteiger partial charge in [-0.2, -0.15) is 0 Å². The first-order valence-electron chi connectivity index (χ1n) is 10.6. The maximum Gasteiger partial charge on any atom is 0.234 e. The number of anilines is 1. The molecule has 1 amide bonds. The lowest BCUT2D eigenvalue weighted by atomic mass is 10.2. The molecule has 7 nitrogen and oxygen atoms in total. The van der Waals surface area contributed by atoms with Gasteiger partial charge in [0, 0.05) is 35.2 Å². The van der Waals surface area contributed by atoms with Crippen LogP contribution in [-0.4, -0.2) is 39.6 Å². The van der Waals surface area contributed by atoms with Crippen molar-refractivity contribution in [1.29, 1.82) is 0 Å². The molecule has 0 radical (unpaired) electrons. The molecule has 1 N–H and O–H groups in total. The number of carbonyl (C=O) groups excluding carboxylic acids is 1. The number of thioether (sulfide) groups is 1. The molecular formula is C24H22N4O3S2. The lowest BCUT2D eigenvalue weighted by Gasteiger charge is -2.11. The number of ether oxygens (including phenoxy) is 2. The molecule has 168 valence electrons. The topological polar surface area (TPSA) is 78.3 Å². The second kappa shape index (κ2) is 10.1. The number of aromatic nitrogens is 3. The molecule has 0 atom stereocenters. The second-order valence-corrected chi connectivity index (χ2v) is 9.35. The maximum absolute atomic E-state index is 12.7. The molecular weight excluding hydrogens is 456 g/mol. The van der Waals surface area contributed by atoms with Gasteiger partial charge < -0.3 is 14.8 Å². The van der Waals surface area contributed by atoms with Crippen molar-refractivity contribution in [3.8, 4) is 17.2 Å². The van der Waals surface area contributed by atoms with Crippen LogP contribution >= 0.6 is 23.1 Å². The molecule has 0 saturated heterocycles. The van der Waals surface area contributed by atoms with E-state index < -0.39 is 0 Å². The molecule has 2 aromatic carbocycles. The number of hydrogen-bond donors (Lipinski definition) is 1. The fraction of sp³-hybridized carbons (Fsp3) is 0.208. The lowest BCUT2D eigenvalue weighted by molar-refractivity contribution is -0.113. The van der Waals surface area contributed by atoms with Crippen LogP contribution in [0.1, 0.15) is 17.1 Å². The van der Waals surface area contributed by atoms with Gasteiger partial charge in [0.1, 0.15) is 5.82 Å². The van der Waals surface area contributed by atoms with Gasteiger partial charge in [-0.25, -0.2) is 0 Å². The Morgan fingerprint density at radius 1 is 1.03 bits per heavy atom. The number of para-hydroxylation sites is 1. The summed E-state index contributed by atoms with van der Waals surface area (Å²) >= 11 is 3.05. The molecule has 9 heteroatoms. The third-order valence-electron chi connectivity index (χ3n) is 4.99. The van der Waals surface area contributed by atoms with E-state index in [0.717, 1.165) is 17.9 Å². The molecule has 0 aliphatic carbocycles. The first kappa shape index (κ1) is 21.5. The molecule has 0 bridgehead atoms. The Labute approximate surface area is 199 Å². The molecule has 0 unspecified atom stereocenters. The van der Waals surface area contributed by atoms with Crippen molar-refractivity contribution in [2.45, 2.75) is 18.0 Å². The van der Waals surface area contributed by atoms with E-state index in [4.69, 9.17) is 9.47 Å². The lowest BCUT2D eigenvalue weighted by Crippen LogP contribution is -2.14. The Morgan fingerprint density at radius 3 is 2.70 bits per heavy atom. The molecule has 1 aliphatic rings. The molecule has 4 aromatic rings. The number of nitrogens with one attached hydrogen (secondary N) is 1. The number of rotatable bonds is 7. The minimum Gasteiger partial charge on any atom is -0.490 e. The first-order valence-corrected chi connectivity index (χ1v) is 12.5. The van der Waals surface area contributed by atoms with Gasteiger partial charge in [0.05, 0.1) is 19.0 Å². The molecule has 0 saturated carbocycles. The van der Waals surface area contributed by atoms with E-state index in [0.29, 0.717) is 42.0 Å². The van der Waals surface area contributed by atoms with Crippen molar-refractivity contribution in [3.05, 3.63) is 76.7 Å². The SMILES string of the molecule is O=C(CSc1nnc(Cc2cccs2)n1-c1ccccc1)Nc1ccc2c(c1)OCCCO2. The highest BCUT2D eigenvalue weighted by Gasteiger charge is 2.17. The van der Waals surface area contributed by atoms with E-state index in [1.807, 2.05) is 53.1 Å². The Kier molecular flexibility index (Phi) is 6.59. The van der Waals surface area contributed by atoms with E-state index in [-0.39, 0.29) is 11.7 Å². The van der Waals surface area contributed by atoms with Crippen LogP contribution in [0, 0.1) is 0 Å². The van der Waals surface area contributed by atoms with Gasteiger partial charge in [-0.1, -0.05) is 36.0 Å². The highest BCUT2D eigenvalue weighted by molar-refractivity contribution is 7.99. The van der Waals surface area contributed by atoms with Crippen LogP contribution in [0.15, 0.2) is 71.2 Å². The van der Waals surface area contributed by atoms with Gasteiger partial charge >= 0.3 is 0 Å². The maximum atomic E-state index is 12.7. The normalized spacial score (nSPS) is 12.8. The van der Waals surface area contributed by atoms with Crippen molar-refractivity contribution in [1.82, 2.24) is 14.8 Å². The van der Waals surface area contributed by atoms with Crippen molar-refractivity contribution in [2.24, 2.45) is 0 Å². The zero-order valence-electron chi connectivity index (χ0n) is 17.8. The minimum atomic E-state index is -0.128. The van der Waals surface area contributed by atoms with Crippen LogP contribution < -0.4 is 14.8 Å². The monoisotopic (exact) mass is 478 g/mol. The summed E-state index contributed by atoms with van der Waals surface area (Å²) < 4.78 is 13.4. The third-order valence-corrected chi connectivity index (χ3v) is 6.80. The van der Waals surface area contributed by atoms with Crippen molar-refractivity contribution < 1.29 is 14.3 Å². The van der Waals surface area contributed by atoms with E-state index in [2.05, 4.69) is 27.0 Å². The Bertz CT molecular complexity index is 1230. The summed E-state index contributed by atoms with van der Waals surface area (Å²) in [6, 6.07) is 19.5. The number of hydrogen-bond acceptors (Lipinski definition) is 7. The molecule has 2 aromatic heterocycles. The zero-order valence-corrected chi connectivity index (χ0v) is 19.4. The van der Waals surface area contributed by atoms with Gasteiger partial charge in [0.15, 0.2) is 16.7 Å². The number of benzene rings is 2. The van der Waals surface area contributed by atoms with Gasteiger partial charge in [0.25, 0.3) is 0 Å². The van der Waals surface area contributed by atoms with E-state index >= 15 is 0 Å². The van der Waals surface area contributed by atoms with Crippen LogP contribution in [0.3, 0.4) is 0 Å². The summed E-state index contributed by atoms with van der Waals surface area (Å²) in [7, 11) is 0.